The first-order valence-corrected chi connectivity index (χ1v) is 13.0. The fourth-order valence-corrected chi connectivity index (χ4v) is 5.86. The highest BCUT2D eigenvalue weighted by molar-refractivity contribution is 7.15. The molecule has 0 saturated carbocycles. The number of amides is 1. The third-order valence-corrected chi connectivity index (χ3v) is 8.05. The molecule has 3 aromatic rings. The van der Waals surface area contributed by atoms with Crippen molar-refractivity contribution in [3.63, 3.8) is 0 Å². The lowest BCUT2D eigenvalue weighted by atomic mass is 10.00. The van der Waals surface area contributed by atoms with Gasteiger partial charge in [0.25, 0.3) is 0 Å². The van der Waals surface area contributed by atoms with E-state index in [1.165, 1.54) is 10.4 Å². The van der Waals surface area contributed by atoms with Crippen LogP contribution in [0.3, 0.4) is 0 Å². The second-order valence-electron chi connectivity index (χ2n) is 8.91. The highest BCUT2D eigenvalue weighted by Gasteiger charge is 2.31. The number of aliphatic imine (C=N–C) groups is 1. The molecular weight excluding hydrogens is 484 g/mol. The number of benzene rings is 1. The van der Waals surface area contributed by atoms with Crippen molar-refractivity contribution in [1.82, 2.24) is 25.0 Å². The number of hydrogen-bond acceptors (Lipinski definition) is 7. The number of nitrogens with zero attached hydrogens (tertiary/aromatic N) is 5. The smallest absolute Gasteiger partial charge is 0.221 e. The second kappa shape index (κ2) is 10.2. The molecule has 1 N–H and O–H groups in total. The summed E-state index contributed by atoms with van der Waals surface area (Å²) in [5, 5.41) is 13.7. The maximum absolute atomic E-state index is 12.7. The predicted octanol–water partition coefficient (Wildman–Crippen LogP) is 3.64. The van der Waals surface area contributed by atoms with E-state index in [0.717, 1.165) is 66.3 Å². The van der Waals surface area contributed by atoms with Gasteiger partial charge in [0.2, 0.25) is 5.91 Å². The minimum absolute atomic E-state index is 0.00793. The molecule has 1 aromatic carbocycles. The number of aryl methyl sites for hydroxylation is 2. The standard InChI is InChI=1S/C25H29ClN6O2S/c1-15-16(2)35-25-22(15)23(18-4-6-19(26)7-5-18)28-20(24-30-29-17(3)32(24)25)14-27-21(33)8-9-31-10-12-34-13-11-31/h4-7,20H,8-14H2,1-3H3,(H,27,33)/t20-/m0/s1. The number of fused-ring (bicyclic) bond motifs is 3. The van der Waals surface area contributed by atoms with E-state index in [4.69, 9.17) is 21.3 Å². The van der Waals surface area contributed by atoms with Crippen molar-refractivity contribution >= 4 is 34.6 Å². The van der Waals surface area contributed by atoms with Gasteiger partial charge in [0.05, 0.1) is 18.9 Å². The molecule has 0 spiro atoms. The monoisotopic (exact) mass is 512 g/mol. The summed E-state index contributed by atoms with van der Waals surface area (Å²) in [6.45, 7) is 10.5. The molecule has 0 radical (unpaired) electrons. The van der Waals surface area contributed by atoms with Crippen LogP contribution in [0.15, 0.2) is 29.3 Å². The number of thiophene rings is 1. The van der Waals surface area contributed by atoms with Gasteiger partial charge in [0, 0.05) is 53.6 Å². The Labute approximate surface area is 214 Å². The molecule has 1 amide bonds. The number of halogens is 1. The van der Waals surface area contributed by atoms with Crippen molar-refractivity contribution in [3.05, 3.63) is 62.5 Å². The zero-order valence-electron chi connectivity index (χ0n) is 20.2. The molecule has 10 heteroatoms. The van der Waals surface area contributed by atoms with Gasteiger partial charge in [-0.3, -0.25) is 19.3 Å². The summed E-state index contributed by atoms with van der Waals surface area (Å²) < 4.78 is 7.48. The summed E-state index contributed by atoms with van der Waals surface area (Å²) in [5.41, 5.74) is 4.14. The first-order valence-electron chi connectivity index (χ1n) is 11.9. The van der Waals surface area contributed by atoms with E-state index in [-0.39, 0.29) is 11.9 Å². The first-order chi connectivity index (χ1) is 16.9. The number of rotatable bonds is 6. The van der Waals surface area contributed by atoms with Gasteiger partial charge >= 0.3 is 0 Å². The highest BCUT2D eigenvalue weighted by Crippen LogP contribution is 2.38. The Morgan fingerprint density at radius 1 is 1.17 bits per heavy atom. The molecule has 8 nitrogen and oxygen atoms in total. The molecular formula is C25H29ClN6O2S. The third kappa shape index (κ3) is 4.91. The van der Waals surface area contributed by atoms with E-state index in [1.54, 1.807) is 11.3 Å². The molecule has 1 fully saturated rings. The summed E-state index contributed by atoms with van der Waals surface area (Å²) in [6.07, 6.45) is 0.442. The molecule has 35 heavy (non-hydrogen) atoms. The quantitative estimate of drug-likeness (QED) is 0.545. The van der Waals surface area contributed by atoms with E-state index >= 15 is 0 Å². The van der Waals surface area contributed by atoms with Crippen LogP contribution in [0.5, 0.6) is 0 Å². The summed E-state index contributed by atoms with van der Waals surface area (Å²) >= 11 is 7.89. The van der Waals surface area contributed by atoms with Crippen LogP contribution >= 0.6 is 22.9 Å². The van der Waals surface area contributed by atoms with Crippen LogP contribution in [-0.4, -0.2) is 70.7 Å². The SMILES string of the molecule is Cc1sc2c(c1C)C(c1ccc(Cl)cc1)=N[C@@H](CNC(=O)CCN1CCOCC1)c1nnc(C)n1-2. The van der Waals surface area contributed by atoms with Crippen LogP contribution in [0, 0.1) is 20.8 Å². The van der Waals surface area contributed by atoms with E-state index in [0.29, 0.717) is 18.0 Å². The van der Waals surface area contributed by atoms with E-state index in [2.05, 4.69) is 38.8 Å². The minimum atomic E-state index is -0.367. The van der Waals surface area contributed by atoms with Crippen molar-refractivity contribution in [1.29, 1.82) is 0 Å². The lowest BCUT2D eigenvalue weighted by Crippen LogP contribution is -2.39. The lowest BCUT2D eigenvalue weighted by molar-refractivity contribution is -0.121. The minimum Gasteiger partial charge on any atom is -0.379 e. The number of hydrogen-bond donors (Lipinski definition) is 1. The van der Waals surface area contributed by atoms with Crippen LogP contribution < -0.4 is 5.32 Å². The Hall–Kier alpha value is -2.59. The maximum Gasteiger partial charge on any atom is 0.221 e. The number of carbonyl (C=O) groups is 1. The number of aromatic nitrogens is 3. The summed E-state index contributed by atoms with van der Waals surface area (Å²) in [7, 11) is 0. The van der Waals surface area contributed by atoms with Gasteiger partial charge in [-0.1, -0.05) is 23.7 Å². The van der Waals surface area contributed by atoms with Gasteiger partial charge in [0.15, 0.2) is 5.82 Å². The molecule has 0 bridgehead atoms. The van der Waals surface area contributed by atoms with Crippen LogP contribution in [0.2, 0.25) is 5.02 Å². The van der Waals surface area contributed by atoms with Crippen molar-refractivity contribution in [2.24, 2.45) is 4.99 Å². The molecule has 2 aliphatic rings. The van der Waals surface area contributed by atoms with Gasteiger partial charge in [0.1, 0.15) is 16.9 Å². The van der Waals surface area contributed by atoms with E-state index in [1.807, 2.05) is 31.2 Å². The molecule has 0 aliphatic carbocycles. The zero-order chi connectivity index (χ0) is 24.5. The first kappa shape index (κ1) is 24.1. The Kier molecular flexibility index (Phi) is 7.02. The molecule has 4 heterocycles. The van der Waals surface area contributed by atoms with Crippen molar-refractivity contribution in [2.45, 2.75) is 33.2 Å². The molecule has 2 aliphatic heterocycles. The van der Waals surface area contributed by atoms with Gasteiger partial charge in [-0.2, -0.15) is 0 Å². The molecule has 1 atom stereocenters. The van der Waals surface area contributed by atoms with Crippen LogP contribution in [-0.2, 0) is 9.53 Å². The zero-order valence-corrected chi connectivity index (χ0v) is 21.7. The summed E-state index contributed by atoms with van der Waals surface area (Å²) in [6, 6.07) is 7.38. The fourth-order valence-electron chi connectivity index (χ4n) is 4.52. The number of nitrogens with one attached hydrogen (secondary N) is 1. The van der Waals surface area contributed by atoms with Gasteiger partial charge < -0.3 is 10.1 Å². The van der Waals surface area contributed by atoms with Gasteiger partial charge in [-0.15, -0.1) is 21.5 Å². The third-order valence-electron chi connectivity index (χ3n) is 6.61. The van der Waals surface area contributed by atoms with Gasteiger partial charge in [-0.05, 0) is 38.5 Å². The normalized spacial score (nSPS) is 17.9. The average Bonchev–Trinajstić information content (AvgIpc) is 3.33. The number of morpholine rings is 1. The molecule has 0 unspecified atom stereocenters. The lowest BCUT2D eigenvalue weighted by Gasteiger charge is -2.26. The molecule has 5 rings (SSSR count). The Bertz CT molecular complexity index is 1260. The summed E-state index contributed by atoms with van der Waals surface area (Å²) in [4.78, 5) is 21.4. The second-order valence-corrected chi connectivity index (χ2v) is 10.6. The average molecular weight is 513 g/mol. The maximum atomic E-state index is 12.7. The predicted molar refractivity (Wildman–Crippen MR) is 138 cm³/mol. The van der Waals surface area contributed by atoms with Crippen molar-refractivity contribution in [3.8, 4) is 5.00 Å². The van der Waals surface area contributed by atoms with Crippen molar-refractivity contribution < 1.29 is 9.53 Å². The number of carbonyl (C=O) groups excluding carboxylic acids is 1. The molecule has 2 aromatic heterocycles. The van der Waals surface area contributed by atoms with Gasteiger partial charge in [-0.25, -0.2) is 0 Å². The van der Waals surface area contributed by atoms with Crippen LogP contribution in [0.1, 0.15) is 45.7 Å². The van der Waals surface area contributed by atoms with E-state index < -0.39 is 0 Å². The highest BCUT2D eigenvalue weighted by atomic mass is 35.5. The van der Waals surface area contributed by atoms with Crippen molar-refractivity contribution in [2.75, 3.05) is 39.4 Å². The largest absolute Gasteiger partial charge is 0.379 e. The number of ether oxygens (including phenoxy) is 1. The molecule has 1 saturated heterocycles. The Morgan fingerprint density at radius 3 is 2.66 bits per heavy atom. The topological polar surface area (TPSA) is 84.6 Å². The fraction of sp³-hybridized carbons (Fsp3) is 0.440. The Morgan fingerprint density at radius 2 is 1.91 bits per heavy atom. The Balaban J connectivity index is 1.45. The molecule has 184 valence electrons. The van der Waals surface area contributed by atoms with Crippen LogP contribution in [0.25, 0.3) is 5.00 Å². The summed E-state index contributed by atoms with van der Waals surface area (Å²) in [5.74, 6) is 1.55. The van der Waals surface area contributed by atoms with E-state index in [9.17, 15) is 4.79 Å². The van der Waals surface area contributed by atoms with Crippen LogP contribution in [0.4, 0.5) is 0 Å².